The van der Waals surface area contributed by atoms with Crippen LogP contribution >= 0.6 is 0 Å². The minimum atomic E-state index is -1.03. The summed E-state index contributed by atoms with van der Waals surface area (Å²) < 4.78 is 5.05. The van der Waals surface area contributed by atoms with Crippen LogP contribution in [0, 0.1) is 0 Å². The van der Waals surface area contributed by atoms with E-state index in [0.717, 1.165) is 0 Å². The quantitative estimate of drug-likeness (QED) is 0.576. The monoisotopic (exact) mass is 251 g/mol. The molecule has 0 spiro atoms. The Kier molecular flexibility index (Phi) is 5.70. The first-order valence-electron chi connectivity index (χ1n) is 5.77. The van der Waals surface area contributed by atoms with Gasteiger partial charge in [-0.25, -0.2) is 4.79 Å². The lowest BCUT2D eigenvalue weighted by Crippen LogP contribution is -2.21. The van der Waals surface area contributed by atoms with Gasteiger partial charge in [0.05, 0.1) is 7.11 Å². The summed E-state index contributed by atoms with van der Waals surface area (Å²) in [6.07, 6.45) is 0.696. The van der Waals surface area contributed by atoms with Crippen molar-refractivity contribution in [3.05, 3.63) is 29.8 Å². The second-order valence-corrected chi connectivity index (χ2v) is 3.84. The highest BCUT2D eigenvalue weighted by Crippen LogP contribution is 2.14. The lowest BCUT2D eigenvalue weighted by atomic mass is 10.1. The number of benzene rings is 1. The third-order valence-electron chi connectivity index (χ3n) is 2.50. The zero-order valence-electron chi connectivity index (χ0n) is 10.3. The molecule has 0 aromatic heterocycles. The van der Waals surface area contributed by atoms with Crippen molar-refractivity contribution < 1.29 is 19.4 Å². The molecule has 2 N–H and O–H groups in total. The van der Waals surface area contributed by atoms with E-state index in [4.69, 9.17) is 9.84 Å². The Morgan fingerprint density at radius 2 is 2.11 bits per heavy atom. The number of carbonyl (C=O) groups is 2. The van der Waals surface area contributed by atoms with Crippen molar-refractivity contribution in [2.24, 2.45) is 0 Å². The third kappa shape index (κ3) is 4.86. The van der Waals surface area contributed by atoms with Gasteiger partial charge in [0.15, 0.2) is 5.78 Å². The van der Waals surface area contributed by atoms with E-state index in [1.165, 1.54) is 0 Å². The number of ether oxygens (including phenoxy) is 1. The van der Waals surface area contributed by atoms with Crippen LogP contribution in [0.1, 0.15) is 29.6 Å². The van der Waals surface area contributed by atoms with Crippen LogP contribution in [0.4, 0.5) is 4.79 Å². The molecule has 1 rings (SSSR count). The van der Waals surface area contributed by atoms with Crippen molar-refractivity contribution in [3.63, 3.8) is 0 Å². The van der Waals surface area contributed by atoms with Crippen molar-refractivity contribution in [1.29, 1.82) is 0 Å². The molecule has 0 bridgehead atoms. The molecule has 0 aliphatic carbocycles. The number of carbonyl (C=O) groups excluding carboxylic acids is 1. The van der Waals surface area contributed by atoms with E-state index in [9.17, 15) is 9.59 Å². The molecule has 18 heavy (non-hydrogen) atoms. The van der Waals surface area contributed by atoms with Crippen LogP contribution in [0.5, 0.6) is 5.75 Å². The predicted octanol–water partition coefficient (Wildman–Crippen LogP) is 2.32. The normalized spacial score (nSPS) is 9.83. The van der Waals surface area contributed by atoms with Gasteiger partial charge in [-0.2, -0.15) is 0 Å². The summed E-state index contributed by atoms with van der Waals surface area (Å²) in [6.45, 7) is 0.376. The number of ketones is 1. The van der Waals surface area contributed by atoms with E-state index in [1.54, 1.807) is 31.4 Å². The summed E-state index contributed by atoms with van der Waals surface area (Å²) in [7, 11) is 1.56. The first kappa shape index (κ1) is 14.0. The zero-order chi connectivity index (χ0) is 13.4. The average molecular weight is 251 g/mol. The summed E-state index contributed by atoms with van der Waals surface area (Å²) in [5.74, 6) is 0.706. The Hall–Kier alpha value is -2.04. The van der Waals surface area contributed by atoms with Crippen LogP contribution in [0.3, 0.4) is 0 Å². The lowest BCUT2D eigenvalue weighted by molar-refractivity contribution is 0.0979. The second kappa shape index (κ2) is 7.32. The average Bonchev–Trinajstić information content (AvgIpc) is 2.37. The number of nitrogens with one attached hydrogen (secondary N) is 1. The van der Waals surface area contributed by atoms with Gasteiger partial charge in [-0.15, -0.1) is 0 Å². The number of hydrogen-bond acceptors (Lipinski definition) is 3. The number of carboxylic acid groups (broad SMARTS) is 1. The standard InChI is InChI=1S/C13H17NO4/c1-18-11-6-4-5-10(9-11)12(15)7-2-3-8-14-13(16)17/h4-6,9,14H,2-3,7-8H2,1H3,(H,16,17). The van der Waals surface area contributed by atoms with Crippen LogP contribution in [0.15, 0.2) is 24.3 Å². The van der Waals surface area contributed by atoms with Crippen molar-refractivity contribution >= 4 is 11.9 Å². The van der Waals surface area contributed by atoms with Gasteiger partial charge >= 0.3 is 6.09 Å². The SMILES string of the molecule is COc1cccc(C(=O)CCCCNC(=O)O)c1. The molecular weight excluding hydrogens is 234 g/mol. The first-order valence-corrected chi connectivity index (χ1v) is 5.77. The Morgan fingerprint density at radius 1 is 1.33 bits per heavy atom. The Balaban J connectivity index is 2.33. The Bertz CT molecular complexity index is 417. The number of methoxy groups -OCH3 is 1. The maximum absolute atomic E-state index is 11.8. The van der Waals surface area contributed by atoms with Crippen LogP contribution in [-0.4, -0.2) is 30.6 Å². The second-order valence-electron chi connectivity index (χ2n) is 3.84. The summed E-state index contributed by atoms with van der Waals surface area (Å²) in [6, 6.07) is 7.02. The van der Waals surface area contributed by atoms with E-state index < -0.39 is 6.09 Å². The molecule has 0 heterocycles. The fourth-order valence-corrected chi connectivity index (χ4v) is 1.55. The van der Waals surface area contributed by atoms with Gasteiger partial charge in [0, 0.05) is 18.5 Å². The number of hydrogen-bond donors (Lipinski definition) is 2. The molecule has 0 saturated carbocycles. The van der Waals surface area contributed by atoms with Crippen LogP contribution in [-0.2, 0) is 0 Å². The number of Topliss-reactive ketones (excluding diaryl/α,β-unsaturated/α-hetero) is 1. The summed E-state index contributed by atoms with van der Waals surface area (Å²) >= 11 is 0. The number of unbranched alkanes of at least 4 members (excludes halogenated alkanes) is 1. The van der Waals surface area contributed by atoms with Gasteiger partial charge in [0.2, 0.25) is 0 Å². The van der Waals surface area contributed by atoms with Crippen molar-refractivity contribution in [2.45, 2.75) is 19.3 Å². The molecule has 1 aromatic carbocycles. The molecule has 0 atom stereocenters. The molecule has 0 saturated heterocycles. The maximum atomic E-state index is 11.8. The summed E-state index contributed by atoms with van der Waals surface area (Å²) in [5.41, 5.74) is 0.626. The number of rotatable bonds is 7. The summed E-state index contributed by atoms with van der Waals surface area (Å²) in [4.78, 5) is 22.0. The lowest BCUT2D eigenvalue weighted by Gasteiger charge is -2.04. The Labute approximate surface area is 106 Å². The van der Waals surface area contributed by atoms with Crippen LogP contribution < -0.4 is 10.1 Å². The largest absolute Gasteiger partial charge is 0.497 e. The van der Waals surface area contributed by atoms with Gasteiger partial charge in [-0.3, -0.25) is 4.79 Å². The minimum absolute atomic E-state index is 0.0456. The molecule has 0 radical (unpaired) electrons. The smallest absolute Gasteiger partial charge is 0.404 e. The van der Waals surface area contributed by atoms with Gasteiger partial charge in [0.25, 0.3) is 0 Å². The number of amides is 1. The molecule has 0 aliphatic rings. The minimum Gasteiger partial charge on any atom is -0.497 e. The molecule has 5 heteroatoms. The van der Waals surface area contributed by atoms with E-state index in [0.29, 0.717) is 37.1 Å². The molecule has 98 valence electrons. The molecule has 0 aliphatic heterocycles. The Morgan fingerprint density at radius 3 is 2.78 bits per heavy atom. The van der Waals surface area contributed by atoms with Crippen LogP contribution in [0.25, 0.3) is 0 Å². The van der Waals surface area contributed by atoms with Crippen molar-refractivity contribution in [3.8, 4) is 5.75 Å². The maximum Gasteiger partial charge on any atom is 0.404 e. The van der Waals surface area contributed by atoms with Gasteiger partial charge in [-0.1, -0.05) is 12.1 Å². The molecule has 1 amide bonds. The molecule has 0 fully saturated rings. The molecule has 1 aromatic rings. The van der Waals surface area contributed by atoms with Gasteiger partial charge in [0.1, 0.15) is 5.75 Å². The van der Waals surface area contributed by atoms with E-state index in [2.05, 4.69) is 5.32 Å². The fraction of sp³-hybridized carbons (Fsp3) is 0.385. The third-order valence-corrected chi connectivity index (χ3v) is 2.50. The highest BCUT2D eigenvalue weighted by molar-refractivity contribution is 5.96. The summed E-state index contributed by atoms with van der Waals surface area (Å²) in [5, 5.41) is 10.6. The highest BCUT2D eigenvalue weighted by atomic mass is 16.5. The zero-order valence-corrected chi connectivity index (χ0v) is 10.3. The van der Waals surface area contributed by atoms with Crippen molar-refractivity contribution in [1.82, 2.24) is 5.32 Å². The van der Waals surface area contributed by atoms with E-state index >= 15 is 0 Å². The van der Waals surface area contributed by atoms with E-state index in [-0.39, 0.29) is 5.78 Å². The fourth-order valence-electron chi connectivity index (χ4n) is 1.55. The first-order chi connectivity index (χ1) is 8.63. The van der Waals surface area contributed by atoms with Gasteiger partial charge in [-0.05, 0) is 25.0 Å². The molecular formula is C13H17NO4. The van der Waals surface area contributed by atoms with Gasteiger partial charge < -0.3 is 15.2 Å². The molecule has 5 nitrogen and oxygen atoms in total. The highest BCUT2D eigenvalue weighted by Gasteiger charge is 2.06. The van der Waals surface area contributed by atoms with Crippen LogP contribution in [0.2, 0.25) is 0 Å². The topological polar surface area (TPSA) is 75.6 Å². The molecule has 0 unspecified atom stereocenters. The predicted molar refractivity (Wildman–Crippen MR) is 67.2 cm³/mol. The van der Waals surface area contributed by atoms with E-state index in [1.807, 2.05) is 0 Å². The van der Waals surface area contributed by atoms with Crippen molar-refractivity contribution in [2.75, 3.05) is 13.7 Å².